The van der Waals surface area contributed by atoms with E-state index in [0.29, 0.717) is 23.0 Å². The van der Waals surface area contributed by atoms with Gasteiger partial charge in [-0.3, -0.25) is 14.5 Å². The lowest BCUT2D eigenvalue weighted by molar-refractivity contribution is 0.414. The van der Waals surface area contributed by atoms with Crippen LogP contribution in [0.2, 0.25) is 0 Å². The van der Waals surface area contributed by atoms with Crippen molar-refractivity contribution in [2.24, 2.45) is 0 Å². The molecule has 0 unspecified atom stereocenters. The lowest BCUT2D eigenvalue weighted by Crippen LogP contribution is -2.20. The highest BCUT2D eigenvalue weighted by Gasteiger charge is 2.18. The Kier molecular flexibility index (Phi) is 4.09. The van der Waals surface area contributed by atoms with E-state index in [2.05, 4.69) is 15.2 Å². The molecule has 1 N–H and O–H groups in total. The molecule has 5 aromatic rings. The van der Waals surface area contributed by atoms with E-state index >= 15 is 0 Å². The van der Waals surface area contributed by atoms with E-state index in [9.17, 15) is 4.79 Å². The van der Waals surface area contributed by atoms with Crippen LogP contribution >= 0.6 is 0 Å². The molecular formula is C23H18N4O2. The molecule has 6 nitrogen and oxygen atoms in total. The number of nitrogens with zero attached hydrogens (tertiary/aromatic N) is 3. The monoisotopic (exact) mass is 382 g/mol. The summed E-state index contributed by atoms with van der Waals surface area (Å²) in [4.78, 5) is 18.0. The Labute approximate surface area is 166 Å². The summed E-state index contributed by atoms with van der Waals surface area (Å²) in [5.41, 5.74) is 3.74. The van der Waals surface area contributed by atoms with Gasteiger partial charge in [0.25, 0.3) is 5.56 Å². The fourth-order valence-corrected chi connectivity index (χ4v) is 3.66. The molecular weight excluding hydrogens is 364 g/mol. The van der Waals surface area contributed by atoms with Gasteiger partial charge in [0.15, 0.2) is 0 Å². The van der Waals surface area contributed by atoms with E-state index in [1.807, 2.05) is 66.7 Å². The van der Waals surface area contributed by atoms with Gasteiger partial charge in [0, 0.05) is 18.0 Å². The molecule has 0 radical (unpaired) electrons. The zero-order chi connectivity index (χ0) is 19.8. The summed E-state index contributed by atoms with van der Waals surface area (Å²) in [6.07, 6.45) is 2.26. The van der Waals surface area contributed by atoms with E-state index in [1.165, 1.54) is 0 Å². The molecule has 3 heterocycles. The average Bonchev–Trinajstić information content (AvgIpc) is 3.19. The Balaban J connectivity index is 1.76. The largest absolute Gasteiger partial charge is 0.497 e. The number of nitrogens with one attached hydrogen (secondary N) is 1. The van der Waals surface area contributed by atoms with Crippen LogP contribution in [0.15, 0.2) is 77.7 Å². The van der Waals surface area contributed by atoms with Gasteiger partial charge in [-0.2, -0.15) is 5.10 Å². The first-order chi connectivity index (χ1) is 14.3. The number of ether oxygens (including phenoxy) is 1. The maximum atomic E-state index is 13.6. The molecule has 0 aliphatic rings. The molecule has 0 amide bonds. The number of para-hydroxylation sites is 1. The number of aromatic nitrogens is 4. The Morgan fingerprint density at radius 3 is 2.55 bits per heavy atom. The minimum atomic E-state index is -0.130. The zero-order valence-electron chi connectivity index (χ0n) is 15.8. The van der Waals surface area contributed by atoms with Gasteiger partial charge in [-0.1, -0.05) is 30.3 Å². The molecule has 0 spiro atoms. The maximum Gasteiger partial charge on any atom is 0.268 e. The number of aromatic amines is 1. The highest BCUT2D eigenvalue weighted by molar-refractivity contribution is 6.03. The van der Waals surface area contributed by atoms with Crippen LogP contribution < -0.4 is 10.3 Å². The second-order valence-electron chi connectivity index (χ2n) is 6.80. The van der Waals surface area contributed by atoms with E-state index < -0.39 is 0 Å². The summed E-state index contributed by atoms with van der Waals surface area (Å²) in [6.45, 7) is 0. The predicted octanol–water partition coefficient (Wildman–Crippen LogP) is 3.86. The third kappa shape index (κ3) is 2.86. The number of methoxy groups -OCH3 is 1. The number of rotatable bonds is 4. The van der Waals surface area contributed by atoms with Crippen molar-refractivity contribution >= 4 is 21.9 Å². The molecule has 5 rings (SSSR count). The summed E-state index contributed by atoms with van der Waals surface area (Å²) in [5, 5.41) is 8.97. The van der Waals surface area contributed by atoms with Crippen molar-refractivity contribution in [2.45, 2.75) is 6.42 Å². The van der Waals surface area contributed by atoms with E-state index in [0.717, 1.165) is 28.1 Å². The number of benzene rings is 2. The lowest BCUT2D eigenvalue weighted by atomic mass is 10.1. The third-order valence-electron chi connectivity index (χ3n) is 5.07. The Morgan fingerprint density at radius 1 is 1.00 bits per heavy atom. The van der Waals surface area contributed by atoms with Crippen molar-refractivity contribution in [3.63, 3.8) is 0 Å². The Morgan fingerprint density at radius 2 is 1.79 bits per heavy atom. The first-order valence-corrected chi connectivity index (χ1v) is 9.31. The van der Waals surface area contributed by atoms with Gasteiger partial charge < -0.3 is 4.74 Å². The van der Waals surface area contributed by atoms with Crippen molar-refractivity contribution in [3.8, 4) is 11.4 Å². The molecule has 2 aromatic carbocycles. The van der Waals surface area contributed by atoms with Crippen LogP contribution in [-0.2, 0) is 6.42 Å². The Bertz CT molecular complexity index is 1370. The SMILES string of the molecule is COc1ccc(Cc2[nH]nc3c2c(=O)n(-c2ccccc2)c2ncccc32)cc1. The molecule has 29 heavy (non-hydrogen) atoms. The summed E-state index contributed by atoms with van der Waals surface area (Å²) >= 11 is 0. The van der Waals surface area contributed by atoms with Crippen molar-refractivity contribution in [1.29, 1.82) is 0 Å². The summed E-state index contributed by atoms with van der Waals surface area (Å²) in [6, 6.07) is 21.2. The molecule has 0 saturated heterocycles. The van der Waals surface area contributed by atoms with Gasteiger partial charge in [-0.25, -0.2) is 4.98 Å². The highest BCUT2D eigenvalue weighted by atomic mass is 16.5. The van der Waals surface area contributed by atoms with Crippen LogP contribution in [0.5, 0.6) is 5.75 Å². The third-order valence-corrected chi connectivity index (χ3v) is 5.07. The summed E-state index contributed by atoms with van der Waals surface area (Å²) < 4.78 is 6.88. The van der Waals surface area contributed by atoms with Crippen LogP contribution in [0.25, 0.3) is 27.6 Å². The van der Waals surface area contributed by atoms with E-state index in [1.54, 1.807) is 17.9 Å². The minimum Gasteiger partial charge on any atom is -0.497 e. The van der Waals surface area contributed by atoms with E-state index in [-0.39, 0.29) is 5.56 Å². The number of fused-ring (bicyclic) bond motifs is 3. The van der Waals surface area contributed by atoms with E-state index in [4.69, 9.17) is 4.74 Å². The number of pyridine rings is 2. The van der Waals surface area contributed by atoms with Crippen LogP contribution in [0, 0.1) is 0 Å². The van der Waals surface area contributed by atoms with Gasteiger partial charge in [-0.15, -0.1) is 0 Å². The standard InChI is InChI=1S/C23H18N4O2/c1-29-17-11-9-15(10-12-17)14-19-20-21(26-25-19)18-8-5-13-24-22(18)27(23(20)28)16-6-3-2-4-7-16/h2-13H,14H2,1H3,(H,25,26). The van der Waals surface area contributed by atoms with Crippen molar-refractivity contribution in [3.05, 3.63) is 94.5 Å². The van der Waals surface area contributed by atoms with Crippen LogP contribution in [-0.4, -0.2) is 26.9 Å². The van der Waals surface area contributed by atoms with Gasteiger partial charge in [0.05, 0.1) is 23.9 Å². The molecule has 6 heteroatoms. The molecule has 0 bridgehead atoms. The first-order valence-electron chi connectivity index (χ1n) is 9.31. The van der Waals surface area contributed by atoms with Gasteiger partial charge in [0.2, 0.25) is 0 Å². The second-order valence-corrected chi connectivity index (χ2v) is 6.80. The average molecular weight is 382 g/mol. The molecule has 0 atom stereocenters. The highest BCUT2D eigenvalue weighted by Crippen LogP contribution is 2.25. The minimum absolute atomic E-state index is 0.130. The van der Waals surface area contributed by atoms with Gasteiger partial charge >= 0.3 is 0 Å². The lowest BCUT2D eigenvalue weighted by Gasteiger charge is -2.10. The van der Waals surface area contributed by atoms with Crippen LogP contribution in [0.4, 0.5) is 0 Å². The molecule has 0 aliphatic heterocycles. The topological polar surface area (TPSA) is 72.8 Å². The fraction of sp³-hybridized carbons (Fsp3) is 0.0870. The van der Waals surface area contributed by atoms with Gasteiger partial charge in [0.1, 0.15) is 16.9 Å². The summed E-state index contributed by atoms with van der Waals surface area (Å²) in [7, 11) is 1.64. The van der Waals surface area contributed by atoms with Gasteiger partial charge in [-0.05, 0) is 42.0 Å². The predicted molar refractivity (Wildman–Crippen MR) is 113 cm³/mol. The molecule has 0 aliphatic carbocycles. The van der Waals surface area contributed by atoms with Crippen LogP contribution in [0.3, 0.4) is 0 Å². The molecule has 0 saturated carbocycles. The maximum absolute atomic E-state index is 13.6. The smallest absolute Gasteiger partial charge is 0.268 e. The normalized spacial score (nSPS) is 11.2. The number of hydrogen-bond acceptors (Lipinski definition) is 4. The fourth-order valence-electron chi connectivity index (χ4n) is 3.66. The molecule has 142 valence electrons. The number of hydrogen-bond donors (Lipinski definition) is 1. The summed E-state index contributed by atoms with van der Waals surface area (Å²) in [5.74, 6) is 0.798. The van der Waals surface area contributed by atoms with Crippen molar-refractivity contribution in [2.75, 3.05) is 7.11 Å². The molecule has 3 aromatic heterocycles. The van der Waals surface area contributed by atoms with Crippen molar-refractivity contribution in [1.82, 2.24) is 19.7 Å². The second kappa shape index (κ2) is 6.91. The molecule has 0 fully saturated rings. The zero-order valence-corrected chi connectivity index (χ0v) is 15.8. The first kappa shape index (κ1) is 17.2. The quantitative estimate of drug-likeness (QED) is 0.512. The van der Waals surface area contributed by atoms with Crippen molar-refractivity contribution < 1.29 is 4.74 Å². The number of H-pyrrole nitrogens is 1. The Hall–Kier alpha value is -3.93. The van der Waals surface area contributed by atoms with Crippen LogP contribution in [0.1, 0.15) is 11.3 Å².